The number of hydrogen-bond donors (Lipinski definition) is 0. The molecule has 25 heavy (non-hydrogen) atoms. The van der Waals surface area contributed by atoms with Gasteiger partial charge in [-0.3, -0.25) is 4.31 Å². The van der Waals surface area contributed by atoms with E-state index in [1.165, 1.54) is 18.2 Å². The SMILES string of the molecule is CN(c1cc(CBr)cc(C(=O)OC(C)(C)C)c1)S(=O)(=O)CC(F)(F)F. The maximum atomic E-state index is 12.5. The summed E-state index contributed by atoms with van der Waals surface area (Å²) < 4.78 is 67.0. The number of sulfonamides is 1. The number of esters is 1. The minimum Gasteiger partial charge on any atom is -0.456 e. The summed E-state index contributed by atoms with van der Waals surface area (Å²) in [5, 5.41) is 0.282. The molecule has 1 rings (SSSR count). The van der Waals surface area contributed by atoms with Gasteiger partial charge in [-0.05, 0) is 44.5 Å². The Bertz CT molecular complexity index is 742. The summed E-state index contributed by atoms with van der Waals surface area (Å²) in [5.41, 5.74) is -0.249. The van der Waals surface area contributed by atoms with Gasteiger partial charge in [0, 0.05) is 12.4 Å². The molecule has 0 aliphatic rings. The Balaban J connectivity index is 3.28. The van der Waals surface area contributed by atoms with Crippen molar-refractivity contribution >= 4 is 37.6 Å². The van der Waals surface area contributed by atoms with Crippen LogP contribution in [0.3, 0.4) is 0 Å². The van der Waals surface area contributed by atoms with Gasteiger partial charge in [-0.25, -0.2) is 13.2 Å². The molecule has 0 saturated carbocycles. The topological polar surface area (TPSA) is 63.7 Å². The van der Waals surface area contributed by atoms with Crippen LogP contribution in [0.2, 0.25) is 0 Å². The molecule has 0 saturated heterocycles. The molecule has 1 aromatic rings. The first kappa shape index (κ1) is 21.8. The van der Waals surface area contributed by atoms with Gasteiger partial charge in [-0.2, -0.15) is 13.2 Å². The molecule has 5 nitrogen and oxygen atoms in total. The highest BCUT2D eigenvalue weighted by Gasteiger charge is 2.37. The first-order valence-electron chi connectivity index (χ1n) is 7.11. The second-order valence-corrected chi connectivity index (χ2v) is 8.92. The first-order chi connectivity index (χ1) is 11.1. The minimum atomic E-state index is -4.87. The van der Waals surface area contributed by atoms with Crippen LogP contribution < -0.4 is 4.31 Å². The van der Waals surface area contributed by atoms with Gasteiger partial charge in [0.1, 0.15) is 5.60 Å². The molecule has 0 fully saturated rings. The molecule has 0 bridgehead atoms. The molecule has 0 aliphatic carbocycles. The van der Waals surface area contributed by atoms with Crippen LogP contribution in [0, 0.1) is 0 Å². The number of carbonyl (C=O) groups is 1. The van der Waals surface area contributed by atoms with E-state index in [4.69, 9.17) is 4.74 Å². The van der Waals surface area contributed by atoms with Gasteiger partial charge in [-0.15, -0.1) is 0 Å². The largest absolute Gasteiger partial charge is 0.456 e. The fourth-order valence-corrected chi connectivity index (χ4v) is 3.21. The molecule has 0 radical (unpaired) electrons. The number of alkyl halides is 4. The summed E-state index contributed by atoms with van der Waals surface area (Å²) in [6.07, 6.45) is -4.87. The van der Waals surface area contributed by atoms with E-state index in [0.29, 0.717) is 9.87 Å². The van der Waals surface area contributed by atoms with Crippen LogP contribution in [-0.4, -0.2) is 39.0 Å². The number of rotatable bonds is 5. The Labute approximate surface area is 153 Å². The molecule has 0 spiro atoms. The van der Waals surface area contributed by atoms with E-state index in [1.807, 2.05) is 0 Å². The highest BCUT2D eigenvalue weighted by atomic mass is 79.9. The van der Waals surface area contributed by atoms with Crippen LogP contribution in [0.5, 0.6) is 0 Å². The van der Waals surface area contributed by atoms with Crippen molar-refractivity contribution in [2.75, 3.05) is 17.1 Å². The van der Waals surface area contributed by atoms with Crippen LogP contribution in [0.1, 0.15) is 36.7 Å². The van der Waals surface area contributed by atoms with Gasteiger partial charge < -0.3 is 4.74 Å². The zero-order valence-electron chi connectivity index (χ0n) is 14.1. The normalized spacial score (nSPS) is 12.8. The highest BCUT2D eigenvalue weighted by molar-refractivity contribution is 9.08. The number of anilines is 1. The Morgan fingerprint density at radius 1 is 1.20 bits per heavy atom. The monoisotopic (exact) mass is 445 g/mol. The molecule has 142 valence electrons. The molecule has 1 aromatic carbocycles. The smallest absolute Gasteiger partial charge is 0.404 e. The average molecular weight is 446 g/mol. The van der Waals surface area contributed by atoms with Crippen molar-refractivity contribution in [2.45, 2.75) is 37.9 Å². The van der Waals surface area contributed by atoms with E-state index in [2.05, 4.69) is 15.9 Å². The number of nitrogens with zero attached hydrogens (tertiary/aromatic N) is 1. The quantitative estimate of drug-likeness (QED) is 0.509. The second kappa shape index (κ2) is 7.53. The molecule has 0 aromatic heterocycles. The fourth-order valence-electron chi connectivity index (χ4n) is 1.85. The van der Waals surface area contributed by atoms with Crippen molar-refractivity contribution in [1.29, 1.82) is 0 Å². The summed E-state index contributed by atoms with van der Waals surface area (Å²) >= 11 is 3.18. The van der Waals surface area contributed by atoms with E-state index in [0.717, 1.165) is 7.05 Å². The van der Waals surface area contributed by atoms with E-state index >= 15 is 0 Å². The van der Waals surface area contributed by atoms with Crippen molar-refractivity contribution in [1.82, 2.24) is 0 Å². The second-order valence-electron chi connectivity index (χ2n) is 6.36. The molecule has 0 heterocycles. The average Bonchev–Trinajstić information content (AvgIpc) is 2.41. The lowest BCUT2D eigenvalue weighted by Gasteiger charge is -2.23. The summed E-state index contributed by atoms with van der Waals surface area (Å²) in [6, 6.07) is 4.06. The lowest BCUT2D eigenvalue weighted by molar-refractivity contribution is -0.106. The Morgan fingerprint density at radius 2 is 1.76 bits per heavy atom. The van der Waals surface area contributed by atoms with E-state index < -0.39 is 33.5 Å². The number of halogens is 4. The molecular weight excluding hydrogens is 427 g/mol. The van der Waals surface area contributed by atoms with Gasteiger partial charge in [-0.1, -0.05) is 15.9 Å². The third kappa shape index (κ3) is 6.85. The highest BCUT2D eigenvalue weighted by Crippen LogP contribution is 2.26. The summed E-state index contributed by atoms with van der Waals surface area (Å²) in [4.78, 5) is 12.2. The van der Waals surface area contributed by atoms with E-state index in [-0.39, 0.29) is 16.6 Å². The Morgan fingerprint density at radius 3 is 2.20 bits per heavy atom. The predicted octanol–water partition coefficient (Wildman–Crippen LogP) is 3.87. The number of hydrogen-bond acceptors (Lipinski definition) is 4. The third-order valence-electron chi connectivity index (χ3n) is 2.89. The standard InChI is InChI=1S/C15H19BrF3NO4S/c1-14(2,3)24-13(21)11-5-10(8-16)6-12(7-11)20(4)25(22,23)9-15(17,18)19/h5-7H,8-9H2,1-4H3. The fraction of sp³-hybridized carbons (Fsp3) is 0.533. The lowest BCUT2D eigenvalue weighted by atomic mass is 10.1. The maximum Gasteiger partial charge on any atom is 0.404 e. The van der Waals surface area contributed by atoms with Gasteiger partial charge in [0.15, 0.2) is 5.75 Å². The van der Waals surface area contributed by atoms with Gasteiger partial charge >= 0.3 is 12.1 Å². The summed E-state index contributed by atoms with van der Waals surface area (Å²) in [6.45, 7) is 5.00. The Kier molecular flexibility index (Phi) is 6.55. The number of benzene rings is 1. The predicted molar refractivity (Wildman–Crippen MR) is 92.5 cm³/mol. The summed E-state index contributed by atoms with van der Waals surface area (Å²) in [7, 11) is -3.63. The maximum absolute atomic E-state index is 12.5. The first-order valence-corrected chi connectivity index (χ1v) is 9.84. The third-order valence-corrected chi connectivity index (χ3v) is 5.28. The molecule has 0 N–H and O–H groups in total. The van der Waals surface area contributed by atoms with Crippen molar-refractivity contribution in [3.05, 3.63) is 29.3 Å². The van der Waals surface area contributed by atoms with Crippen molar-refractivity contribution in [3.8, 4) is 0 Å². The lowest BCUT2D eigenvalue weighted by Crippen LogP contribution is -2.35. The van der Waals surface area contributed by atoms with Gasteiger partial charge in [0.25, 0.3) is 0 Å². The van der Waals surface area contributed by atoms with Gasteiger partial charge in [0.05, 0.1) is 11.3 Å². The van der Waals surface area contributed by atoms with Crippen molar-refractivity contribution < 1.29 is 31.1 Å². The van der Waals surface area contributed by atoms with Crippen LogP contribution in [-0.2, 0) is 20.1 Å². The Hall–Kier alpha value is -1.29. The van der Waals surface area contributed by atoms with E-state index in [1.54, 1.807) is 20.8 Å². The molecule has 0 aliphatic heterocycles. The zero-order valence-corrected chi connectivity index (χ0v) is 16.5. The van der Waals surface area contributed by atoms with Gasteiger partial charge in [0.2, 0.25) is 10.0 Å². The zero-order chi connectivity index (χ0) is 19.6. The van der Waals surface area contributed by atoms with Crippen molar-refractivity contribution in [3.63, 3.8) is 0 Å². The van der Waals surface area contributed by atoms with Crippen molar-refractivity contribution in [2.24, 2.45) is 0 Å². The van der Waals surface area contributed by atoms with Crippen LogP contribution >= 0.6 is 15.9 Å². The van der Waals surface area contributed by atoms with Crippen LogP contribution in [0.25, 0.3) is 0 Å². The minimum absolute atomic E-state index is 0.0518. The molecule has 0 amide bonds. The summed E-state index contributed by atoms with van der Waals surface area (Å²) in [5.74, 6) is -2.69. The molecule has 0 unspecified atom stereocenters. The van der Waals surface area contributed by atoms with Crippen LogP contribution in [0.4, 0.5) is 18.9 Å². The number of carbonyl (C=O) groups excluding carboxylic acids is 1. The molecule has 0 atom stereocenters. The molecule has 10 heteroatoms. The van der Waals surface area contributed by atoms with Crippen LogP contribution in [0.15, 0.2) is 18.2 Å². The van der Waals surface area contributed by atoms with E-state index in [9.17, 15) is 26.4 Å². The number of ether oxygens (including phenoxy) is 1. The molecular formula is C15H19BrF3NO4S.